The van der Waals surface area contributed by atoms with Crippen molar-refractivity contribution in [2.24, 2.45) is 0 Å². The van der Waals surface area contributed by atoms with E-state index in [1.54, 1.807) is 29.5 Å². The summed E-state index contributed by atoms with van der Waals surface area (Å²) < 4.78 is 1.80. The number of amides is 1. The Morgan fingerprint density at radius 2 is 2.29 bits per heavy atom. The third-order valence-electron chi connectivity index (χ3n) is 4.17. The second-order valence-electron chi connectivity index (χ2n) is 6.11. The molecule has 0 aromatic carbocycles. The van der Waals surface area contributed by atoms with Crippen molar-refractivity contribution in [1.29, 1.82) is 0 Å². The average molecular weight is 330 g/mol. The molecule has 1 aliphatic rings. The lowest BCUT2D eigenvalue weighted by atomic mass is 10.0. The van der Waals surface area contributed by atoms with Crippen molar-refractivity contribution < 1.29 is 9.90 Å². The van der Waals surface area contributed by atoms with Crippen LogP contribution in [0.1, 0.15) is 19.3 Å². The van der Waals surface area contributed by atoms with Crippen molar-refractivity contribution in [3.8, 4) is 0 Å². The second kappa shape index (κ2) is 7.39. The first kappa shape index (κ1) is 16.4. The fraction of sp³-hybridized carbons (Fsp3) is 0.500. The van der Waals surface area contributed by atoms with Crippen molar-refractivity contribution in [1.82, 2.24) is 25.1 Å². The first-order valence-corrected chi connectivity index (χ1v) is 8.12. The maximum atomic E-state index is 11.9. The average Bonchev–Trinajstić information content (AvgIpc) is 3.24. The minimum atomic E-state index is -0.921. The molecular formula is C16H22N6O2. The number of β-amino-alcohol motifs (C(OH)–C–C–N with tert-alkyl or cyclic N) is 1. The lowest BCUT2D eigenvalue weighted by molar-refractivity contribution is -0.122. The predicted octanol–water partition coefficient (Wildman–Crippen LogP) is 0.211. The molecule has 3 rings (SSSR count). The predicted molar refractivity (Wildman–Crippen MR) is 88.3 cm³/mol. The molecule has 0 radical (unpaired) electrons. The molecule has 1 atom stereocenters. The fourth-order valence-corrected chi connectivity index (χ4v) is 2.84. The molecule has 0 spiro atoms. The number of rotatable bonds is 7. The van der Waals surface area contributed by atoms with E-state index in [0.717, 1.165) is 12.2 Å². The van der Waals surface area contributed by atoms with Crippen LogP contribution < -0.4 is 10.2 Å². The number of hydrogen-bond donors (Lipinski definition) is 2. The Hall–Kier alpha value is -2.48. The molecule has 2 aromatic heterocycles. The highest BCUT2D eigenvalue weighted by molar-refractivity contribution is 5.75. The molecule has 1 aliphatic heterocycles. The van der Waals surface area contributed by atoms with Gasteiger partial charge in [-0.25, -0.2) is 4.98 Å². The zero-order valence-electron chi connectivity index (χ0n) is 13.5. The number of hydrogen-bond acceptors (Lipinski definition) is 6. The van der Waals surface area contributed by atoms with Crippen LogP contribution in [0.4, 0.5) is 5.82 Å². The van der Waals surface area contributed by atoms with Crippen molar-refractivity contribution in [2.75, 3.05) is 24.5 Å². The molecule has 8 nitrogen and oxygen atoms in total. The number of nitrogens with zero attached hydrogens (tertiary/aromatic N) is 5. The molecule has 2 N–H and O–H groups in total. The smallest absolute Gasteiger partial charge is 0.220 e. The summed E-state index contributed by atoms with van der Waals surface area (Å²) in [4.78, 5) is 22.2. The molecule has 128 valence electrons. The van der Waals surface area contributed by atoms with E-state index < -0.39 is 5.60 Å². The Bertz CT molecular complexity index is 648. The van der Waals surface area contributed by atoms with Crippen LogP contribution in [0.25, 0.3) is 0 Å². The van der Waals surface area contributed by atoms with Crippen molar-refractivity contribution >= 4 is 11.7 Å². The standard InChI is InChI=1S/C16H22N6O2/c23-15(3-1-8-22-9-2-5-20-22)19-12-16(24)4-10-21(13-16)14-11-17-6-7-18-14/h2,5-7,9,11,24H,1,3-4,8,10,12-13H2,(H,19,23)/t16-/m0/s1. The molecule has 0 aliphatic carbocycles. The highest BCUT2D eigenvalue weighted by atomic mass is 16.3. The fourth-order valence-electron chi connectivity index (χ4n) is 2.84. The molecule has 0 saturated carbocycles. The lowest BCUT2D eigenvalue weighted by Gasteiger charge is -2.24. The zero-order chi connectivity index (χ0) is 16.8. The third-order valence-corrected chi connectivity index (χ3v) is 4.17. The molecule has 0 bridgehead atoms. The topological polar surface area (TPSA) is 96.2 Å². The van der Waals surface area contributed by atoms with Crippen molar-refractivity contribution in [3.05, 3.63) is 37.1 Å². The van der Waals surface area contributed by atoms with Crippen LogP contribution in [0.3, 0.4) is 0 Å². The summed E-state index contributed by atoms with van der Waals surface area (Å²) in [7, 11) is 0. The highest BCUT2D eigenvalue weighted by Crippen LogP contribution is 2.24. The van der Waals surface area contributed by atoms with E-state index in [1.807, 2.05) is 17.2 Å². The van der Waals surface area contributed by atoms with Crippen LogP contribution in [-0.2, 0) is 11.3 Å². The van der Waals surface area contributed by atoms with Crippen LogP contribution >= 0.6 is 0 Å². The molecule has 2 aromatic rings. The Morgan fingerprint density at radius 3 is 3.04 bits per heavy atom. The highest BCUT2D eigenvalue weighted by Gasteiger charge is 2.36. The maximum Gasteiger partial charge on any atom is 0.220 e. The van der Waals surface area contributed by atoms with Crippen LogP contribution in [0.2, 0.25) is 0 Å². The second-order valence-corrected chi connectivity index (χ2v) is 6.11. The lowest BCUT2D eigenvalue weighted by Crippen LogP contribution is -2.45. The summed E-state index contributed by atoms with van der Waals surface area (Å²) in [5.74, 6) is 0.701. The minimum absolute atomic E-state index is 0.0477. The van der Waals surface area contributed by atoms with Gasteiger partial charge < -0.3 is 15.3 Å². The number of carbonyl (C=O) groups excluding carboxylic acids is 1. The number of aliphatic hydroxyl groups is 1. The van der Waals surface area contributed by atoms with Gasteiger partial charge in [-0.05, 0) is 18.9 Å². The van der Waals surface area contributed by atoms with Gasteiger partial charge in [-0.1, -0.05) is 0 Å². The van der Waals surface area contributed by atoms with Gasteiger partial charge in [-0.3, -0.25) is 14.5 Å². The van der Waals surface area contributed by atoms with Gasteiger partial charge in [0.1, 0.15) is 11.4 Å². The third kappa shape index (κ3) is 4.29. The summed E-state index contributed by atoms with van der Waals surface area (Å²) in [5.41, 5.74) is -0.921. The van der Waals surface area contributed by atoms with E-state index >= 15 is 0 Å². The summed E-state index contributed by atoms with van der Waals surface area (Å²) in [6.07, 6.45) is 10.3. The minimum Gasteiger partial charge on any atom is -0.386 e. The molecule has 0 unspecified atom stereocenters. The van der Waals surface area contributed by atoms with Gasteiger partial charge in [-0.15, -0.1) is 0 Å². The van der Waals surface area contributed by atoms with Crippen molar-refractivity contribution in [2.45, 2.75) is 31.4 Å². The van der Waals surface area contributed by atoms with E-state index in [9.17, 15) is 9.90 Å². The molecule has 1 amide bonds. The summed E-state index contributed by atoms with van der Waals surface area (Å²) in [5, 5.41) is 17.6. The Balaban J connectivity index is 1.40. The van der Waals surface area contributed by atoms with E-state index in [1.165, 1.54) is 0 Å². The summed E-state index contributed by atoms with van der Waals surface area (Å²) >= 11 is 0. The van der Waals surface area contributed by atoms with Gasteiger partial charge in [0.05, 0.1) is 6.20 Å². The summed E-state index contributed by atoms with van der Waals surface area (Å²) in [6, 6.07) is 1.86. The zero-order valence-corrected chi connectivity index (χ0v) is 13.5. The van der Waals surface area contributed by atoms with Crippen LogP contribution in [-0.4, -0.2) is 56.0 Å². The van der Waals surface area contributed by atoms with E-state index in [0.29, 0.717) is 32.5 Å². The molecular weight excluding hydrogens is 308 g/mol. The normalized spacial score (nSPS) is 20.3. The van der Waals surface area contributed by atoms with E-state index in [2.05, 4.69) is 20.4 Å². The molecule has 1 saturated heterocycles. The van der Waals surface area contributed by atoms with Gasteiger partial charge in [0.2, 0.25) is 5.91 Å². The monoisotopic (exact) mass is 330 g/mol. The van der Waals surface area contributed by atoms with E-state index in [-0.39, 0.29) is 12.5 Å². The van der Waals surface area contributed by atoms with Crippen LogP contribution in [0, 0.1) is 0 Å². The van der Waals surface area contributed by atoms with Crippen LogP contribution in [0.5, 0.6) is 0 Å². The largest absolute Gasteiger partial charge is 0.386 e. The maximum absolute atomic E-state index is 11.9. The number of aromatic nitrogens is 4. The Morgan fingerprint density at radius 1 is 1.38 bits per heavy atom. The Kier molecular flexibility index (Phi) is 5.05. The number of anilines is 1. The quantitative estimate of drug-likeness (QED) is 0.753. The molecule has 8 heteroatoms. The first-order chi connectivity index (χ1) is 11.6. The molecule has 3 heterocycles. The van der Waals surface area contributed by atoms with Gasteiger partial charge in [0.25, 0.3) is 0 Å². The van der Waals surface area contributed by atoms with Gasteiger partial charge in [0.15, 0.2) is 0 Å². The Labute approximate surface area is 140 Å². The van der Waals surface area contributed by atoms with Gasteiger partial charge in [0, 0.05) is 57.4 Å². The number of nitrogens with one attached hydrogen (secondary N) is 1. The van der Waals surface area contributed by atoms with E-state index in [4.69, 9.17) is 0 Å². The number of aryl methyl sites for hydroxylation is 1. The van der Waals surface area contributed by atoms with Gasteiger partial charge in [-0.2, -0.15) is 5.10 Å². The van der Waals surface area contributed by atoms with Crippen molar-refractivity contribution in [3.63, 3.8) is 0 Å². The number of carbonyl (C=O) groups is 1. The molecule has 24 heavy (non-hydrogen) atoms. The van der Waals surface area contributed by atoms with Gasteiger partial charge >= 0.3 is 0 Å². The first-order valence-electron chi connectivity index (χ1n) is 8.12. The molecule has 1 fully saturated rings. The van der Waals surface area contributed by atoms with Crippen LogP contribution in [0.15, 0.2) is 37.1 Å². The summed E-state index contributed by atoms with van der Waals surface area (Å²) in [6.45, 7) is 2.11. The SMILES string of the molecule is O=C(CCCn1cccn1)NC[C@@]1(O)CCN(c2cnccn2)C1.